The molecule has 4 fully saturated rings. The zero-order valence-electron chi connectivity index (χ0n) is 13.7. The minimum Gasteiger partial charge on any atom is -0.354 e. The van der Waals surface area contributed by atoms with E-state index in [2.05, 4.69) is 18.3 Å². The van der Waals surface area contributed by atoms with Crippen molar-refractivity contribution in [2.45, 2.75) is 50.7 Å². The third-order valence-electron chi connectivity index (χ3n) is 5.59. The lowest BCUT2D eigenvalue weighted by molar-refractivity contribution is -0.00600. The average molecular weight is 345 g/mol. The van der Waals surface area contributed by atoms with Gasteiger partial charge in [0.25, 0.3) is 0 Å². The van der Waals surface area contributed by atoms with E-state index < -0.39 is 0 Å². The normalized spacial score (nSPS) is 30.9. The number of nitrogens with zero attached hydrogens (tertiary/aromatic N) is 3. The molecular weight excluding hydrogens is 324 g/mol. The van der Waals surface area contributed by atoms with Crippen molar-refractivity contribution >= 4 is 29.0 Å². The molecule has 3 aliphatic heterocycles. The van der Waals surface area contributed by atoms with E-state index in [1.807, 2.05) is 21.9 Å². The Hall–Kier alpha value is -1.93. The van der Waals surface area contributed by atoms with Gasteiger partial charge in [0.05, 0.1) is 16.8 Å². The number of carbonyl (C=O) groups excluding carboxylic acids is 1. The fourth-order valence-electron chi connectivity index (χ4n) is 4.29. The van der Waals surface area contributed by atoms with Gasteiger partial charge in [0, 0.05) is 24.3 Å². The second-order valence-corrected chi connectivity index (χ2v) is 7.66. The van der Waals surface area contributed by atoms with Crippen LogP contribution in [0.4, 0.5) is 16.2 Å². The zero-order valence-corrected chi connectivity index (χ0v) is 14.5. The monoisotopic (exact) mass is 344 g/mol. The van der Waals surface area contributed by atoms with E-state index in [1.54, 1.807) is 6.07 Å². The number of hydrogen-bond donors (Lipinski definition) is 1. The maximum Gasteiger partial charge on any atom is 0.322 e. The highest BCUT2D eigenvalue weighted by Gasteiger charge is 2.46. The molecule has 6 heteroatoms. The number of amides is 2. The highest BCUT2D eigenvalue weighted by molar-refractivity contribution is 6.33. The second kappa shape index (κ2) is 5.86. The first kappa shape index (κ1) is 15.6. The maximum absolute atomic E-state index is 12.6. The SMILES string of the molecule is CC1CC2CC(C1)N2C(=O)Nc1ccc(Cl)c(N2CC[C@H]2C#N)c1. The first-order chi connectivity index (χ1) is 11.6. The van der Waals surface area contributed by atoms with E-state index in [0.29, 0.717) is 23.0 Å². The predicted molar refractivity (Wildman–Crippen MR) is 94.3 cm³/mol. The number of benzene rings is 1. The molecule has 1 aromatic carbocycles. The van der Waals surface area contributed by atoms with Crippen LogP contribution in [0.5, 0.6) is 0 Å². The van der Waals surface area contributed by atoms with Gasteiger partial charge in [-0.1, -0.05) is 18.5 Å². The summed E-state index contributed by atoms with van der Waals surface area (Å²) in [7, 11) is 0. The summed E-state index contributed by atoms with van der Waals surface area (Å²) in [5.41, 5.74) is 1.56. The lowest BCUT2D eigenvalue weighted by Gasteiger charge is -2.54. The van der Waals surface area contributed by atoms with Crippen molar-refractivity contribution in [2.75, 3.05) is 16.8 Å². The van der Waals surface area contributed by atoms with Crippen molar-refractivity contribution in [1.82, 2.24) is 4.90 Å². The molecule has 2 bridgehead atoms. The number of nitrogens with one attached hydrogen (secondary N) is 1. The van der Waals surface area contributed by atoms with Crippen LogP contribution in [0.1, 0.15) is 32.6 Å². The summed E-state index contributed by atoms with van der Waals surface area (Å²) in [5, 5.41) is 12.8. The largest absolute Gasteiger partial charge is 0.354 e. The molecule has 126 valence electrons. The van der Waals surface area contributed by atoms with Crippen molar-refractivity contribution in [3.8, 4) is 6.07 Å². The van der Waals surface area contributed by atoms with Crippen LogP contribution in [0, 0.1) is 17.2 Å². The summed E-state index contributed by atoms with van der Waals surface area (Å²) in [5.74, 6) is 0.717. The van der Waals surface area contributed by atoms with Gasteiger partial charge < -0.3 is 15.1 Å². The van der Waals surface area contributed by atoms with Crippen molar-refractivity contribution in [3.05, 3.63) is 23.2 Å². The van der Waals surface area contributed by atoms with E-state index in [9.17, 15) is 4.79 Å². The van der Waals surface area contributed by atoms with Gasteiger partial charge in [-0.3, -0.25) is 0 Å². The van der Waals surface area contributed by atoms with Crippen LogP contribution in [0.25, 0.3) is 0 Å². The first-order valence-corrected chi connectivity index (χ1v) is 8.99. The van der Waals surface area contributed by atoms with Crippen LogP contribution in [0.3, 0.4) is 0 Å². The molecule has 5 nitrogen and oxygen atoms in total. The van der Waals surface area contributed by atoms with Crippen molar-refractivity contribution < 1.29 is 4.79 Å². The summed E-state index contributed by atoms with van der Waals surface area (Å²) < 4.78 is 0. The number of halogens is 1. The lowest BCUT2D eigenvalue weighted by Crippen LogP contribution is -2.63. The number of nitriles is 1. The number of carbonyl (C=O) groups is 1. The van der Waals surface area contributed by atoms with Crippen LogP contribution < -0.4 is 10.2 Å². The van der Waals surface area contributed by atoms with Crippen molar-refractivity contribution in [2.24, 2.45) is 5.92 Å². The van der Waals surface area contributed by atoms with Crippen LogP contribution >= 0.6 is 11.6 Å². The maximum atomic E-state index is 12.6. The number of urea groups is 1. The molecule has 1 aromatic rings. The molecular formula is C18H21ClN4O. The Morgan fingerprint density at radius 1 is 1.33 bits per heavy atom. The molecule has 3 heterocycles. The molecule has 1 aliphatic carbocycles. The van der Waals surface area contributed by atoms with Gasteiger partial charge in [-0.05, 0) is 49.8 Å². The topological polar surface area (TPSA) is 59.4 Å². The molecule has 0 spiro atoms. The number of rotatable bonds is 2. The van der Waals surface area contributed by atoms with Crippen LogP contribution in [0.2, 0.25) is 5.02 Å². The number of hydrogen-bond acceptors (Lipinski definition) is 3. The van der Waals surface area contributed by atoms with Gasteiger partial charge in [-0.2, -0.15) is 5.26 Å². The molecule has 3 saturated heterocycles. The Kier molecular flexibility index (Phi) is 3.80. The van der Waals surface area contributed by atoms with E-state index >= 15 is 0 Å². The fraction of sp³-hybridized carbons (Fsp3) is 0.556. The van der Waals surface area contributed by atoms with Gasteiger partial charge in [0.2, 0.25) is 0 Å². The van der Waals surface area contributed by atoms with E-state index in [0.717, 1.165) is 43.6 Å². The number of anilines is 2. The first-order valence-electron chi connectivity index (χ1n) is 8.62. The van der Waals surface area contributed by atoms with Gasteiger partial charge in [0.15, 0.2) is 0 Å². The fourth-order valence-corrected chi connectivity index (χ4v) is 4.51. The predicted octanol–water partition coefficient (Wildman–Crippen LogP) is 3.85. The molecule has 5 rings (SSSR count). The summed E-state index contributed by atoms with van der Waals surface area (Å²) in [4.78, 5) is 16.6. The smallest absolute Gasteiger partial charge is 0.322 e. The van der Waals surface area contributed by atoms with Crippen molar-refractivity contribution in [1.29, 1.82) is 5.26 Å². The van der Waals surface area contributed by atoms with Crippen LogP contribution in [0.15, 0.2) is 18.2 Å². The van der Waals surface area contributed by atoms with Gasteiger partial charge in [-0.25, -0.2) is 4.79 Å². The lowest BCUT2D eigenvalue weighted by atomic mass is 9.74. The Balaban J connectivity index is 1.47. The molecule has 4 aliphatic rings. The molecule has 24 heavy (non-hydrogen) atoms. The number of piperidine rings is 1. The minimum absolute atomic E-state index is 0.0168. The molecule has 2 unspecified atom stereocenters. The molecule has 1 saturated carbocycles. The van der Waals surface area contributed by atoms with Crippen LogP contribution in [-0.2, 0) is 0 Å². The quantitative estimate of drug-likeness (QED) is 0.886. The summed E-state index contributed by atoms with van der Waals surface area (Å²) in [6.07, 6.45) is 4.21. The summed E-state index contributed by atoms with van der Waals surface area (Å²) in [6, 6.07) is 8.41. The third-order valence-corrected chi connectivity index (χ3v) is 5.91. The molecule has 0 radical (unpaired) electrons. The minimum atomic E-state index is -0.121. The Morgan fingerprint density at radius 2 is 2.08 bits per heavy atom. The second-order valence-electron chi connectivity index (χ2n) is 7.25. The van der Waals surface area contributed by atoms with Gasteiger partial charge in [-0.15, -0.1) is 0 Å². The summed E-state index contributed by atoms with van der Waals surface area (Å²) >= 11 is 6.28. The van der Waals surface area contributed by atoms with Crippen molar-refractivity contribution in [3.63, 3.8) is 0 Å². The molecule has 3 atom stereocenters. The van der Waals surface area contributed by atoms with E-state index in [-0.39, 0.29) is 12.1 Å². The zero-order chi connectivity index (χ0) is 16.8. The van der Waals surface area contributed by atoms with E-state index in [1.165, 1.54) is 0 Å². The van der Waals surface area contributed by atoms with Gasteiger partial charge in [0.1, 0.15) is 6.04 Å². The van der Waals surface area contributed by atoms with Crippen LogP contribution in [-0.4, -0.2) is 35.6 Å². The number of fused-ring (bicyclic) bond motifs is 2. The Morgan fingerprint density at radius 3 is 2.71 bits per heavy atom. The highest BCUT2D eigenvalue weighted by Crippen LogP contribution is 2.41. The van der Waals surface area contributed by atoms with Gasteiger partial charge >= 0.3 is 6.03 Å². The average Bonchev–Trinajstić information content (AvgIpc) is 2.49. The Bertz CT molecular complexity index is 703. The van der Waals surface area contributed by atoms with E-state index in [4.69, 9.17) is 16.9 Å². The molecule has 1 N–H and O–H groups in total. The summed E-state index contributed by atoms with van der Waals surface area (Å²) in [6.45, 7) is 3.09. The molecule has 0 aromatic heterocycles. The Labute approximate surface area is 147 Å². The third kappa shape index (κ3) is 2.50. The molecule has 2 amide bonds. The standard InChI is InChI=1S/C18H21ClN4O/c1-11-6-14-9-15(7-11)23(14)18(24)21-12-2-3-16(19)17(8-12)22-5-4-13(22)10-20/h2-3,8,11,13-15H,4-7,9H2,1H3,(H,21,24)/t11?,13-,14?,15?/m0/s1. The highest BCUT2D eigenvalue weighted by atomic mass is 35.5.